The molecule has 0 saturated heterocycles. The largest absolute Gasteiger partial charge is 0.456 e. The summed E-state index contributed by atoms with van der Waals surface area (Å²) in [6.45, 7) is 4.21. The van der Waals surface area contributed by atoms with Crippen molar-refractivity contribution in [1.29, 1.82) is 5.41 Å². The van der Waals surface area contributed by atoms with Crippen molar-refractivity contribution >= 4 is 5.84 Å². The SMILES string of the molecule is CC(C)c1ccc(Oc2cccc(F)c2C(=N)N)cc1. The lowest BCUT2D eigenvalue weighted by atomic mass is 10.0. The number of rotatable bonds is 4. The molecule has 0 saturated carbocycles. The molecule has 20 heavy (non-hydrogen) atoms. The Morgan fingerprint density at radius 2 is 1.80 bits per heavy atom. The summed E-state index contributed by atoms with van der Waals surface area (Å²) in [5, 5.41) is 7.43. The van der Waals surface area contributed by atoms with Crippen LogP contribution in [0.4, 0.5) is 4.39 Å². The van der Waals surface area contributed by atoms with Crippen LogP contribution in [0, 0.1) is 11.2 Å². The van der Waals surface area contributed by atoms with E-state index in [4.69, 9.17) is 15.9 Å². The standard InChI is InChI=1S/C16H17FN2O/c1-10(2)11-6-8-12(9-7-11)20-14-5-3-4-13(17)15(14)16(18)19/h3-10H,1-2H3,(H3,18,19). The maximum Gasteiger partial charge on any atom is 0.141 e. The van der Waals surface area contributed by atoms with Gasteiger partial charge in [-0.1, -0.05) is 32.0 Å². The van der Waals surface area contributed by atoms with Crippen LogP contribution >= 0.6 is 0 Å². The van der Waals surface area contributed by atoms with Crippen LogP contribution in [0.3, 0.4) is 0 Å². The number of benzene rings is 2. The van der Waals surface area contributed by atoms with E-state index in [0.717, 1.165) is 0 Å². The van der Waals surface area contributed by atoms with Crippen molar-refractivity contribution in [3.63, 3.8) is 0 Å². The Bertz CT molecular complexity index is 621. The van der Waals surface area contributed by atoms with Crippen molar-refractivity contribution < 1.29 is 9.13 Å². The Labute approximate surface area is 117 Å². The van der Waals surface area contributed by atoms with Gasteiger partial charge in [-0.25, -0.2) is 4.39 Å². The molecule has 0 amide bonds. The quantitative estimate of drug-likeness (QED) is 0.652. The highest BCUT2D eigenvalue weighted by molar-refractivity contribution is 5.98. The van der Waals surface area contributed by atoms with Crippen LogP contribution in [-0.4, -0.2) is 5.84 Å². The molecule has 0 heterocycles. The van der Waals surface area contributed by atoms with E-state index in [1.54, 1.807) is 6.07 Å². The Morgan fingerprint density at radius 3 is 2.35 bits per heavy atom. The van der Waals surface area contributed by atoms with E-state index in [1.807, 2.05) is 24.3 Å². The molecule has 0 atom stereocenters. The highest BCUT2D eigenvalue weighted by Gasteiger charge is 2.13. The summed E-state index contributed by atoms with van der Waals surface area (Å²) in [4.78, 5) is 0. The van der Waals surface area contributed by atoms with Gasteiger partial charge in [-0.2, -0.15) is 0 Å². The van der Waals surface area contributed by atoms with E-state index >= 15 is 0 Å². The van der Waals surface area contributed by atoms with E-state index < -0.39 is 5.82 Å². The average Bonchev–Trinajstić information content (AvgIpc) is 2.39. The van der Waals surface area contributed by atoms with Crippen molar-refractivity contribution in [3.05, 3.63) is 59.4 Å². The Balaban J connectivity index is 2.30. The van der Waals surface area contributed by atoms with Crippen LogP contribution in [0.2, 0.25) is 0 Å². The predicted octanol–water partition coefficient (Wildman–Crippen LogP) is 4.03. The van der Waals surface area contributed by atoms with Gasteiger partial charge in [0.05, 0.1) is 5.56 Å². The third kappa shape index (κ3) is 2.96. The monoisotopic (exact) mass is 272 g/mol. The second kappa shape index (κ2) is 5.74. The number of halogens is 1. The smallest absolute Gasteiger partial charge is 0.141 e. The van der Waals surface area contributed by atoms with Crippen LogP contribution < -0.4 is 10.5 Å². The third-order valence-electron chi connectivity index (χ3n) is 3.02. The van der Waals surface area contributed by atoms with E-state index in [-0.39, 0.29) is 17.1 Å². The molecule has 0 aliphatic heterocycles. The number of hydrogen-bond donors (Lipinski definition) is 2. The summed E-state index contributed by atoms with van der Waals surface area (Å²) in [6.07, 6.45) is 0. The zero-order valence-electron chi connectivity index (χ0n) is 11.5. The van der Waals surface area contributed by atoms with Gasteiger partial charge in [-0.3, -0.25) is 5.41 Å². The molecule has 104 valence electrons. The Morgan fingerprint density at radius 1 is 1.15 bits per heavy atom. The highest BCUT2D eigenvalue weighted by Crippen LogP contribution is 2.28. The fraction of sp³-hybridized carbons (Fsp3) is 0.188. The molecule has 0 fully saturated rings. The molecular weight excluding hydrogens is 255 g/mol. The molecule has 3 nitrogen and oxygen atoms in total. The molecule has 0 bridgehead atoms. The topological polar surface area (TPSA) is 59.1 Å². The van der Waals surface area contributed by atoms with Crippen LogP contribution in [0.15, 0.2) is 42.5 Å². The summed E-state index contributed by atoms with van der Waals surface area (Å²) < 4.78 is 19.3. The first-order valence-electron chi connectivity index (χ1n) is 6.39. The van der Waals surface area contributed by atoms with Crippen molar-refractivity contribution in [2.75, 3.05) is 0 Å². The number of amidine groups is 1. The van der Waals surface area contributed by atoms with Gasteiger partial charge in [-0.05, 0) is 35.7 Å². The summed E-state index contributed by atoms with van der Waals surface area (Å²) in [6, 6.07) is 12.0. The lowest BCUT2D eigenvalue weighted by molar-refractivity contribution is 0.475. The first-order valence-corrected chi connectivity index (χ1v) is 6.39. The number of hydrogen-bond acceptors (Lipinski definition) is 2. The van der Waals surface area contributed by atoms with Crippen molar-refractivity contribution in [2.45, 2.75) is 19.8 Å². The fourth-order valence-electron chi connectivity index (χ4n) is 1.90. The normalized spacial score (nSPS) is 10.6. The second-order valence-corrected chi connectivity index (χ2v) is 4.85. The predicted molar refractivity (Wildman–Crippen MR) is 78.0 cm³/mol. The molecule has 0 aromatic heterocycles. The van der Waals surface area contributed by atoms with Crippen LogP contribution in [0.5, 0.6) is 11.5 Å². The van der Waals surface area contributed by atoms with E-state index in [9.17, 15) is 4.39 Å². The van der Waals surface area contributed by atoms with Gasteiger partial charge in [0.25, 0.3) is 0 Å². The average molecular weight is 272 g/mol. The minimum Gasteiger partial charge on any atom is -0.456 e. The number of nitrogens with one attached hydrogen (secondary N) is 1. The molecule has 0 unspecified atom stereocenters. The molecule has 2 aromatic carbocycles. The van der Waals surface area contributed by atoms with Gasteiger partial charge in [0.1, 0.15) is 23.2 Å². The van der Waals surface area contributed by atoms with Crippen LogP contribution in [0.25, 0.3) is 0 Å². The molecular formula is C16H17FN2O. The van der Waals surface area contributed by atoms with Gasteiger partial charge in [0, 0.05) is 0 Å². The van der Waals surface area contributed by atoms with Gasteiger partial charge in [0.2, 0.25) is 0 Å². The lowest BCUT2D eigenvalue weighted by Gasteiger charge is -2.12. The van der Waals surface area contributed by atoms with Gasteiger partial charge in [0.15, 0.2) is 0 Å². The molecule has 2 aromatic rings. The maximum atomic E-state index is 13.7. The minimum absolute atomic E-state index is 0.0135. The number of nitrogens with two attached hydrogens (primary N) is 1. The van der Waals surface area contributed by atoms with Crippen molar-refractivity contribution in [1.82, 2.24) is 0 Å². The first-order chi connectivity index (χ1) is 9.49. The zero-order valence-corrected chi connectivity index (χ0v) is 11.5. The zero-order chi connectivity index (χ0) is 14.7. The molecule has 4 heteroatoms. The summed E-state index contributed by atoms with van der Waals surface area (Å²) >= 11 is 0. The van der Waals surface area contributed by atoms with Crippen molar-refractivity contribution in [2.24, 2.45) is 5.73 Å². The van der Waals surface area contributed by atoms with Crippen molar-refractivity contribution in [3.8, 4) is 11.5 Å². The molecule has 2 rings (SSSR count). The number of nitrogen functional groups attached to an aromatic ring is 1. The van der Waals surface area contributed by atoms with E-state index in [2.05, 4.69) is 13.8 Å². The maximum absolute atomic E-state index is 13.7. The second-order valence-electron chi connectivity index (χ2n) is 4.85. The van der Waals surface area contributed by atoms with E-state index in [0.29, 0.717) is 11.7 Å². The number of ether oxygens (including phenoxy) is 1. The molecule has 3 N–H and O–H groups in total. The van der Waals surface area contributed by atoms with Gasteiger partial charge in [-0.15, -0.1) is 0 Å². The van der Waals surface area contributed by atoms with Crippen LogP contribution in [-0.2, 0) is 0 Å². The van der Waals surface area contributed by atoms with E-state index in [1.165, 1.54) is 17.7 Å². The van der Waals surface area contributed by atoms with Gasteiger partial charge >= 0.3 is 0 Å². The fourth-order valence-corrected chi connectivity index (χ4v) is 1.90. The molecule has 0 aliphatic rings. The highest BCUT2D eigenvalue weighted by atomic mass is 19.1. The third-order valence-corrected chi connectivity index (χ3v) is 3.02. The summed E-state index contributed by atoms with van der Waals surface area (Å²) in [5.41, 5.74) is 6.58. The molecule has 0 spiro atoms. The molecule has 0 radical (unpaired) electrons. The summed E-state index contributed by atoms with van der Waals surface area (Å²) in [7, 11) is 0. The first kappa shape index (κ1) is 14.1. The Hall–Kier alpha value is -2.36. The summed E-state index contributed by atoms with van der Waals surface area (Å²) in [5.74, 6) is 0.356. The minimum atomic E-state index is -0.561. The molecule has 0 aliphatic carbocycles. The lowest BCUT2D eigenvalue weighted by Crippen LogP contribution is -2.14. The Kier molecular flexibility index (Phi) is 4.03. The van der Waals surface area contributed by atoms with Gasteiger partial charge < -0.3 is 10.5 Å². The van der Waals surface area contributed by atoms with Crippen LogP contribution in [0.1, 0.15) is 30.9 Å².